The van der Waals surface area contributed by atoms with Crippen LogP contribution in [0.3, 0.4) is 0 Å². The van der Waals surface area contributed by atoms with Crippen molar-refractivity contribution in [2.24, 2.45) is 0 Å². The van der Waals surface area contributed by atoms with Crippen molar-refractivity contribution in [1.82, 2.24) is 0 Å². The third-order valence-electron chi connectivity index (χ3n) is 2.27. The molecule has 0 saturated heterocycles. The van der Waals surface area contributed by atoms with Crippen molar-refractivity contribution in [3.63, 3.8) is 0 Å². The van der Waals surface area contributed by atoms with Crippen molar-refractivity contribution in [2.75, 3.05) is 5.75 Å². The van der Waals surface area contributed by atoms with E-state index in [4.69, 9.17) is 0 Å². The lowest BCUT2D eigenvalue weighted by molar-refractivity contribution is 0.0981. The highest BCUT2D eigenvalue weighted by Gasteiger charge is 2.12. The first-order chi connectivity index (χ1) is 6.38. The highest BCUT2D eigenvalue weighted by Crippen LogP contribution is 2.22. The Kier molecular flexibility index (Phi) is 2.69. The molecule has 0 radical (unpaired) electrons. The van der Waals surface area contributed by atoms with E-state index in [1.54, 1.807) is 0 Å². The maximum absolute atomic E-state index is 11.6. The summed E-state index contributed by atoms with van der Waals surface area (Å²) in [6.07, 6.45) is 1.74. The van der Waals surface area contributed by atoms with Gasteiger partial charge in [-0.2, -0.15) is 11.8 Å². The van der Waals surface area contributed by atoms with Crippen LogP contribution in [0.1, 0.15) is 28.8 Å². The summed E-state index contributed by atoms with van der Waals surface area (Å²) < 4.78 is 0. The van der Waals surface area contributed by atoms with Crippen molar-refractivity contribution in [3.05, 3.63) is 35.4 Å². The molecule has 0 amide bonds. The first kappa shape index (κ1) is 8.82. The third-order valence-corrected chi connectivity index (χ3v) is 3.36. The standard InChI is InChI=1S/C11H12OS/c12-11-6-3-7-13-8-9-4-1-2-5-10(9)11/h1-2,4-5H,3,6-8H2. The molecule has 1 nitrogen and oxygen atoms in total. The van der Waals surface area contributed by atoms with Gasteiger partial charge in [0.15, 0.2) is 5.78 Å². The molecule has 0 fully saturated rings. The fraction of sp³-hybridized carbons (Fsp3) is 0.364. The van der Waals surface area contributed by atoms with Gasteiger partial charge < -0.3 is 0 Å². The minimum atomic E-state index is 0.316. The summed E-state index contributed by atoms with van der Waals surface area (Å²) in [6, 6.07) is 7.96. The van der Waals surface area contributed by atoms with E-state index >= 15 is 0 Å². The topological polar surface area (TPSA) is 17.1 Å². The largest absolute Gasteiger partial charge is 0.294 e. The van der Waals surface area contributed by atoms with Crippen LogP contribution in [-0.4, -0.2) is 11.5 Å². The van der Waals surface area contributed by atoms with Crippen LogP contribution in [0.4, 0.5) is 0 Å². The fourth-order valence-electron chi connectivity index (χ4n) is 1.57. The van der Waals surface area contributed by atoms with Crippen molar-refractivity contribution < 1.29 is 4.79 Å². The van der Waals surface area contributed by atoms with Crippen LogP contribution >= 0.6 is 11.8 Å². The molecule has 68 valence electrons. The molecule has 0 atom stereocenters. The molecule has 1 aliphatic heterocycles. The van der Waals surface area contributed by atoms with E-state index in [0.29, 0.717) is 12.2 Å². The Labute approximate surface area is 82.5 Å². The van der Waals surface area contributed by atoms with Gasteiger partial charge in [0.25, 0.3) is 0 Å². The average Bonchev–Trinajstić information content (AvgIpc) is 2.14. The molecule has 2 heteroatoms. The molecule has 0 bridgehead atoms. The summed E-state index contributed by atoms with van der Waals surface area (Å²) in [5.74, 6) is 2.41. The minimum Gasteiger partial charge on any atom is -0.294 e. The molecular weight excluding hydrogens is 180 g/mol. The van der Waals surface area contributed by atoms with Crippen LogP contribution in [0.5, 0.6) is 0 Å². The van der Waals surface area contributed by atoms with E-state index in [1.165, 1.54) is 5.56 Å². The molecule has 0 aromatic heterocycles. The molecule has 1 heterocycles. The lowest BCUT2D eigenvalue weighted by Gasteiger charge is -2.11. The van der Waals surface area contributed by atoms with Gasteiger partial charge in [0, 0.05) is 17.7 Å². The van der Waals surface area contributed by atoms with Crippen molar-refractivity contribution in [1.29, 1.82) is 0 Å². The Morgan fingerprint density at radius 2 is 2.08 bits per heavy atom. The van der Waals surface area contributed by atoms with Crippen LogP contribution < -0.4 is 0 Å². The normalized spacial score (nSPS) is 17.4. The first-order valence-electron chi connectivity index (χ1n) is 4.57. The lowest BCUT2D eigenvalue weighted by Crippen LogP contribution is -2.06. The number of rotatable bonds is 0. The first-order valence-corrected chi connectivity index (χ1v) is 5.72. The van der Waals surface area contributed by atoms with Crippen molar-refractivity contribution >= 4 is 17.5 Å². The molecule has 0 N–H and O–H groups in total. The van der Waals surface area contributed by atoms with Gasteiger partial charge in [0.2, 0.25) is 0 Å². The summed E-state index contributed by atoms with van der Waals surface area (Å²) >= 11 is 1.92. The molecule has 1 aromatic rings. The lowest BCUT2D eigenvalue weighted by atomic mass is 10.0. The van der Waals surface area contributed by atoms with Crippen molar-refractivity contribution in [2.45, 2.75) is 18.6 Å². The molecule has 2 rings (SSSR count). The summed E-state index contributed by atoms with van der Waals surface area (Å²) in [7, 11) is 0. The van der Waals surface area contributed by atoms with E-state index in [1.807, 2.05) is 30.0 Å². The quantitative estimate of drug-likeness (QED) is 0.628. The molecular formula is C11H12OS. The van der Waals surface area contributed by atoms with Gasteiger partial charge in [-0.3, -0.25) is 4.79 Å². The number of benzene rings is 1. The van der Waals surface area contributed by atoms with Gasteiger partial charge >= 0.3 is 0 Å². The summed E-state index contributed by atoms with van der Waals surface area (Å²) in [5, 5.41) is 0. The number of hydrogen-bond donors (Lipinski definition) is 0. The van der Waals surface area contributed by atoms with Gasteiger partial charge in [-0.05, 0) is 17.7 Å². The van der Waals surface area contributed by atoms with E-state index in [0.717, 1.165) is 23.5 Å². The molecule has 0 spiro atoms. The second-order valence-electron chi connectivity index (χ2n) is 3.24. The number of hydrogen-bond acceptors (Lipinski definition) is 2. The van der Waals surface area contributed by atoms with Crippen LogP contribution in [0, 0.1) is 0 Å². The second-order valence-corrected chi connectivity index (χ2v) is 4.34. The number of fused-ring (bicyclic) bond motifs is 1. The van der Waals surface area contributed by atoms with Crippen molar-refractivity contribution in [3.8, 4) is 0 Å². The van der Waals surface area contributed by atoms with Crippen LogP contribution in [0.25, 0.3) is 0 Å². The Bertz CT molecular complexity index is 320. The fourth-order valence-corrected chi connectivity index (χ4v) is 2.53. The van der Waals surface area contributed by atoms with E-state index in [-0.39, 0.29) is 0 Å². The maximum atomic E-state index is 11.6. The van der Waals surface area contributed by atoms with Gasteiger partial charge in [-0.15, -0.1) is 0 Å². The molecule has 1 aliphatic rings. The average molecular weight is 192 g/mol. The highest BCUT2D eigenvalue weighted by molar-refractivity contribution is 7.98. The third kappa shape index (κ3) is 1.94. The zero-order valence-corrected chi connectivity index (χ0v) is 8.27. The van der Waals surface area contributed by atoms with Crippen LogP contribution in [0.2, 0.25) is 0 Å². The van der Waals surface area contributed by atoms with Gasteiger partial charge in [-0.25, -0.2) is 0 Å². The smallest absolute Gasteiger partial charge is 0.163 e. The predicted octanol–water partition coefficient (Wildman–Crippen LogP) is 2.90. The summed E-state index contributed by atoms with van der Waals surface area (Å²) in [6.45, 7) is 0. The van der Waals surface area contributed by atoms with Crippen LogP contribution in [-0.2, 0) is 5.75 Å². The summed E-state index contributed by atoms with van der Waals surface area (Å²) in [5.41, 5.74) is 2.15. The zero-order valence-electron chi connectivity index (χ0n) is 7.45. The molecule has 0 unspecified atom stereocenters. The van der Waals surface area contributed by atoms with Gasteiger partial charge in [-0.1, -0.05) is 24.3 Å². The second kappa shape index (κ2) is 3.97. The Hall–Kier alpha value is -0.760. The van der Waals surface area contributed by atoms with Crippen LogP contribution in [0.15, 0.2) is 24.3 Å². The highest BCUT2D eigenvalue weighted by atomic mass is 32.2. The molecule has 0 saturated carbocycles. The predicted molar refractivity (Wildman–Crippen MR) is 56.2 cm³/mol. The Morgan fingerprint density at radius 3 is 3.00 bits per heavy atom. The number of ketones is 1. The molecule has 13 heavy (non-hydrogen) atoms. The monoisotopic (exact) mass is 192 g/mol. The zero-order chi connectivity index (χ0) is 9.10. The number of Topliss-reactive ketones (excluding diaryl/α,β-unsaturated/α-hetero) is 1. The molecule has 0 aliphatic carbocycles. The van der Waals surface area contributed by atoms with E-state index in [9.17, 15) is 4.79 Å². The molecule has 1 aromatic carbocycles. The number of carbonyl (C=O) groups excluding carboxylic acids is 1. The summed E-state index contributed by atoms with van der Waals surface area (Å²) in [4.78, 5) is 11.6. The Morgan fingerprint density at radius 1 is 1.23 bits per heavy atom. The van der Waals surface area contributed by atoms with Gasteiger partial charge in [0.1, 0.15) is 0 Å². The SMILES string of the molecule is O=C1CCCSCc2ccccc21. The number of carbonyl (C=O) groups is 1. The van der Waals surface area contributed by atoms with E-state index < -0.39 is 0 Å². The van der Waals surface area contributed by atoms with E-state index in [2.05, 4.69) is 6.07 Å². The minimum absolute atomic E-state index is 0.316. The maximum Gasteiger partial charge on any atom is 0.163 e. The Balaban J connectivity index is 2.37. The number of thioether (sulfide) groups is 1. The van der Waals surface area contributed by atoms with Gasteiger partial charge in [0.05, 0.1) is 0 Å².